The van der Waals surface area contributed by atoms with Crippen LogP contribution in [0.5, 0.6) is 5.75 Å². The van der Waals surface area contributed by atoms with Gasteiger partial charge in [0.15, 0.2) is 6.29 Å². The molecular formula is C10H8F3NO3. The highest BCUT2D eigenvalue weighted by Crippen LogP contribution is 2.36. The maximum atomic E-state index is 12.4. The summed E-state index contributed by atoms with van der Waals surface area (Å²) >= 11 is 0. The monoisotopic (exact) mass is 247 g/mol. The lowest BCUT2D eigenvalue weighted by Gasteiger charge is -2.12. The molecule has 0 spiro atoms. The van der Waals surface area contributed by atoms with Crippen LogP contribution in [0, 0.1) is 0 Å². The van der Waals surface area contributed by atoms with E-state index in [0.717, 1.165) is 6.92 Å². The number of nitrogens with one attached hydrogen (secondary N) is 1. The van der Waals surface area contributed by atoms with Crippen LogP contribution in [0.2, 0.25) is 0 Å². The lowest BCUT2D eigenvalue weighted by molar-refractivity contribution is -0.137. The number of carbonyl (C=O) groups excluding carboxylic acids is 2. The van der Waals surface area contributed by atoms with Crippen LogP contribution in [0.3, 0.4) is 0 Å². The highest BCUT2D eigenvalue weighted by atomic mass is 19.4. The van der Waals surface area contributed by atoms with Crippen molar-refractivity contribution in [3.05, 3.63) is 23.3 Å². The Kier molecular flexibility index (Phi) is 3.40. The maximum absolute atomic E-state index is 12.4. The first-order valence-electron chi connectivity index (χ1n) is 4.42. The number of hydrogen-bond donors (Lipinski definition) is 2. The largest absolute Gasteiger partial charge is 0.507 e. The van der Waals surface area contributed by atoms with Crippen molar-refractivity contribution >= 4 is 17.9 Å². The third-order valence-electron chi connectivity index (χ3n) is 1.91. The van der Waals surface area contributed by atoms with Gasteiger partial charge in [-0.2, -0.15) is 13.2 Å². The summed E-state index contributed by atoms with van der Waals surface area (Å²) in [6, 6.07) is 1.01. The molecule has 0 heterocycles. The number of carbonyl (C=O) groups is 2. The predicted molar refractivity (Wildman–Crippen MR) is 52.8 cm³/mol. The summed E-state index contributed by atoms with van der Waals surface area (Å²) in [6.45, 7) is 1.08. The zero-order valence-corrected chi connectivity index (χ0v) is 8.63. The van der Waals surface area contributed by atoms with Crippen LogP contribution < -0.4 is 5.32 Å². The van der Waals surface area contributed by atoms with Crippen molar-refractivity contribution in [3.8, 4) is 5.75 Å². The molecular weight excluding hydrogens is 239 g/mol. The van der Waals surface area contributed by atoms with Crippen LogP contribution >= 0.6 is 0 Å². The van der Waals surface area contributed by atoms with Crippen molar-refractivity contribution in [2.24, 2.45) is 0 Å². The predicted octanol–water partition coefficient (Wildman–Crippen LogP) is 2.18. The zero-order chi connectivity index (χ0) is 13.2. The van der Waals surface area contributed by atoms with E-state index in [1.165, 1.54) is 0 Å². The number of rotatable bonds is 2. The van der Waals surface area contributed by atoms with E-state index in [2.05, 4.69) is 0 Å². The molecule has 0 aliphatic heterocycles. The van der Waals surface area contributed by atoms with Crippen LogP contribution in [0.1, 0.15) is 22.8 Å². The van der Waals surface area contributed by atoms with Gasteiger partial charge in [0.1, 0.15) is 5.75 Å². The second-order valence-electron chi connectivity index (χ2n) is 3.25. The standard InChI is InChI=1S/C10H8F3NO3/c1-5(16)14-8-2-6(10(11,12)13)3-9(17)7(8)4-15/h2-4,17H,1H3,(H,14,16). The van der Waals surface area contributed by atoms with E-state index in [1.54, 1.807) is 0 Å². The molecule has 2 N–H and O–H groups in total. The van der Waals surface area contributed by atoms with Crippen LogP contribution in [0.25, 0.3) is 0 Å². The Morgan fingerprint density at radius 3 is 2.41 bits per heavy atom. The molecule has 0 fully saturated rings. The topological polar surface area (TPSA) is 66.4 Å². The van der Waals surface area contributed by atoms with E-state index in [4.69, 9.17) is 0 Å². The van der Waals surface area contributed by atoms with Gasteiger partial charge in [-0.25, -0.2) is 0 Å². The smallest absolute Gasteiger partial charge is 0.416 e. The van der Waals surface area contributed by atoms with Gasteiger partial charge in [-0.15, -0.1) is 0 Å². The Morgan fingerprint density at radius 1 is 1.41 bits per heavy atom. The Hall–Kier alpha value is -2.05. The Morgan fingerprint density at radius 2 is 2.00 bits per heavy atom. The van der Waals surface area contributed by atoms with E-state index in [9.17, 15) is 27.9 Å². The van der Waals surface area contributed by atoms with Crippen LogP contribution in [0.15, 0.2) is 12.1 Å². The number of benzene rings is 1. The number of hydrogen-bond acceptors (Lipinski definition) is 3. The summed E-state index contributed by atoms with van der Waals surface area (Å²) in [5, 5.41) is 11.3. The van der Waals surface area contributed by atoms with Crippen molar-refractivity contribution in [2.75, 3.05) is 5.32 Å². The molecule has 1 aromatic carbocycles. The SMILES string of the molecule is CC(=O)Nc1cc(C(F)(F)F)cc(O)c1C=O. The second kappa shape index (κ2) is 4.44. The minimum atomic E-state index is -4.67. The molecule has 1 rings (SSSR count). The third kappa shape index (κ3) is 2.96. The zero-order valence-electron chi connectivity index (χ0n) is 8.63. The first-order valence-corrected chi connectivity index (χ1v) is 4.42. The minimum Gasteiger partial charge on any atom is -0.507 e. The normalized spacial score (nSPS) is 11.1. The number of phenols is 1. The van der Waals surface area contributed by atoms with E-state index in [-0.39, 0.29) is 12.0 Å². The van der Waals surface area contributed by atoms with Gasteiger partial charge < -0.3 is 10.4 Å². The quantitative estimate of drug-likeness (QED) is 0.787. The first-order chi connectivity index (χ1) is 7.75. The molecule has 0 aliphatic carbocycles. The van der Waals surface area contributed by atoms with E-state index < -0.39 is 29.0 Å². The van der Waals surface area contributed by atoms with Gasteiger partial charge in [-0.3, -0.25) is 9.59 Å². The van der Waals surface area contributed by atoms with Crippen molar-refractivity contribution in [1.29, 1.82) is 0 Å². The maximum Gasteiger partial charge on any atom is 0.416 e. The molecule has 4 nitrogen and oxygen atoms in total. The van der Waals surface area contributed by atoms with Gasteiger partial charge in [0, 0.05) is 6.92 Å². The molecule has 17 heavy (non-hydrogen) atoms. The molecule has 7 heteroatoms. The summed E-state index contributed by atoms with van der Waals surface area (Å²) in [7, 11) is 0. The van der Waals surface area contributed by atoms with E-state index >= 15 is 0 Å². The van der Waals surface area contributed by atoms with Gasteiger partial charge in [0.25, 0.3) is 0 Å². The summed E-state index contributed by atoms with van der Waals surface area (Å²) in [5.41, 5.74) is -1.92. The van der Waals surface area contributed by atoms with Gasteiger partial charge in [-0.1, -0.05) is 0 Å². The fourth-order valence-electron chi connectivity index (χ4n) is 1.22. The average Bonchev–Trinajstić information content (AvgIpc) is 2.14. The van der Waals surface area contributed by atoms with E-state index in [0.29, 0.717) is 12.1 Å². The molecule has 0 unspecified atom stereocenters. The summed E-state index contributed by atoms with van der Waals surface area (Å²) in [6.07, 6.45) is -4.51. The highest BCUT2D eigenvalue weighted by Gasteiger charge is 2.32. The van der Waals surface area contributed by atoms with Crippen molar-refractivity contribution < 1.29 is 27.9 Å². The van der Waals surface area contributed by atoms with Crippen molar-refractivity contribution in [1.82, 2.24) is 0 Å². The average molecular weight is 247 g/mol. The lowest BCUT2D eigenvalue weighted by atomic mass is 10.1. The molecule has 1 amide bonds. The highest BCUT2D eigenvalue weighted by molar-refractivity contribution is 5.97. The molecule has 0 saturated carbocycles. The summed E-state index contributed by atoms with van der Waals surface area (Å²) in [4.78, 5) is 21.4. The molecule has 0 bridgehead atoms. The number of aldehydes is 1. The number of anilines is 1. The Labute approximate surface area is 94.1 Å². The molecule has 1 aromatic rings. The summed E-state index contributed by atoms with van der Waals surface area (Å²) in [5.74, 6) is -1.48. The van der Waals surface area contributed by atoms with Crippen LogP contribution in [-0.4, -0.2) is 17.3 Å². The Balaban J connectivity index is 3.38. The molecule has 0 atom stereocenters. The lowest BCUT2D eigenvalue weighted by Crippen LogP contribution is -2.11. The molecule has 0 saturated heterocycles. The van der Waals surface area contributed by atoms with Gasteiger partial charge in [-0.05, 0) is 12.1 Å². The number of halogens is 3. The first kappa shape index (κ1) is 13.0. The van der Waals surface area contributed by atoms with Crippen molar-refractivity contribution in [2.45, 2.75) is 13.1 Å². The molecule has 0 radical (unpaired) electrons. The minimum absolute atomic E-state index is 0.167. The van der Waals surface area contributed by atoms with Gasteiger partial charge in [0.05, 0.1) is 16.8 Å². The van der Waals surface area contributed by atoms with Gasteiger partial charge >= 0.3 is 6.18 Å². The van der Waals surface area contributed by atoms with Gasteiger partial charge in [0.2, 0.25) is 5.91 Å². The summed E-state index contributed by atoms with van der Waals surface area (Å²) < 4.78 is 37.2. The fraction of sp³-hybridized carbons (Fsp3) is 0.200. The van der Waals surface area contributed by atoms with Crippen LogP contribution in [0.4, 0.5) is 18.9 Å². The number of amides is 1. The third-order valence-corrected chi connectivity index (χ3v) is 1.91. The second-order valence-corrected chi connectivity index (χ2v) is 3.25. The number of alkyl halides is 3. The number of phenolic OH excluding ortho intramolecular Hbond substituents is 1. The Bertz CT molecular complexity index is 469. The number of aromatic hydroxyl groups is 1. The van der Waals surface area contributed by atoms with E-state index in [1.807, 2.05) is 5.32 Å². The molecule has 92 valence electrons. The molecule has 0 aromatic heterocycles. The van der Waals surface area contributed by atoms with Crippen molar-refractivity contribution in [3.63, 3.8) is 0 Å². The molecule has 0 aliphatic rings. The fourth-order valence-corrected chi connectivity index (χ4v) is 1.22. The van der Waals surface area contributed by atoms with Crippen LogP contribution in [-0.2, 0) is 11.0 Å².